The molecule has 0 unspecified atom stereocenters. The number of benzene rings is 1. The number of hydrogen-bond acceptors (Lipinski definition) is 10. The van der Waals surface area contributed by atoms with E-state index >= 15 is 0 Å². The van der Waals surface area contributed by atoms with Crippen molar-refractivity contribution in [1.29, 1.82) is 31.6 Å². The highest BCUT2D eigenvalue weighted by molar-refractivity contribution is 6.41. The number of rotatable bonds is 2. The monoisotopic (exact) mass is 702 g/mol. The number of halogens is 9. The number of nitriles is 6. The van der Waals surface area contributed by atoms with Gasteiger partial charge in [-0.2, -0.15) is 71.1 Å². The van der Waals surface area contributed by atoms with Crippen molar-refractivity contribution in [2.24, 2.45) is 9.98 Å². The first kappa shape index (κ1) is 35.0. The molecule has 2 aliphatic heterocycles. The van der Waals surface area contributed by atoms with E-state index in [1.807, 2.05) is 0 Å². The van der Waals surface area contributed by atoms with E-state index in [1.165, 1.54) is 31.2 Å². The van der Waals surface area contributed by atoms with Crippen LogP contribution in [0.1, 0.15) is 56.2 Å². The summed E-state index contributed by atoms with van der Waals surface area (Å²) in [7, 11) is 0. The summed E-state index contributed by atoms with van der Waals surface area (Å²) in [6.07, 6.45) is -15.8. The van der Waals surface area contributed by atoms with Crippen LogP contribution in [0, 0.1) is 74.9 Å². The van der Waals surface area contributed by atoms with Gasteiger partial charge < -0.3 is 0 Å². The predicted molar refractivity (Wildman–Crippen MR) is 153 cm³/mol. The molecule has 10 nitrogen and oxygen atoms in total. The molecule has 4 heterocycles. The maximum atomic E-state index is 13.8. The third-order valence-corrected chi connectivity index (χ3v) is 7.23. The molecule has 3 aromatic rings. The Hall–Kier alpha value is -7.35. The average molecular weight is 702 g/mol. The smallest absolute Gasteiger partial charge is 0.244 e. The molecule has 0 N–H and O–H groups in total. The Labute approximate surface area is 278 Å². The first-order valence-electron chi connectivity index (χ1n) is 13.4. The maximum absolute atomic E-state index is 13.8. The van der Waals surface area contributed by atoms with Crippen molar-refractivity contribution in [3.05, 3.63) is 91.6 Å². The molecule has 0 amide bonds. The number of hydrogen-bond donors (Lipinski definition) is 0. The first-order valence-corrected chi connectivity index (χ1v) is 13.4. The van der Waals surface area contributed by atoms with E-state index in [2.05, 4.69) is 20.0 Å². The van der Waals surface area contributed by atoms with E-state index in [1.54, 1.807) is 12.1 Å². The maximum Gasteiger partial charge on any atom is 0.433 e. The van der Waals surface area contributed by atoms with Crippen LogP contribution in [0.15, 0.2) is 45.4 Å². The number of aromatic nitrogens is 2. The summed E-state index contributed by atoms with van der Waals surface area (Å²) in [5.74, 6) is 0. The molecule has 0 bridgehead atoms. The van der Waals surface area contributed by atoms with Gasteiger partial charge in [0.25, 0.3) is 0 Å². The van der Waals surface area contributed by atoms with Crippen LogP contribution in [0.4, 0.5) is 50.9 Å². The highest BCUT2D eigenvalue weighted by Crippen LogP contribution is 2.53. The van der Waals surface area contributed by atoms with Gasteiger partial charge in [-0.25, -0.2) is 20.0 Å². The molecule has 0 saturated heterocycles. The molecule has 5 rings (SSSR count). The van der Waals surface area contributed by atoms with Gasteiger partial charge in [0.15, 0.2) is 0 Å². The van der Waals surface area contributed by atoms with Crippen LogP contribution in [0.3, 0.4) is 0 Å². The molecule has 0 atom stereocenters. The Morgan fingerprint density at radius 2 is 0.941 bits per heavy atom. The number of pyridine rings is 2. The van der Waals surface area contributed by atoms with Crippen molar-refractivity contribution >= 4 is 33.9 Å². The highest BCUT2D eigenvalue weighted by Gasteiger charge is 2.43. The van der Waals surface area contributed by atoms with Gasteiger partial charge in [-0.3, -0.25) is 0 Å². The largest absolute Gasteiger partial charge is 0.433 e. The molecule has 19 heteroatoms. The lowest BCUT2D eigenvalue weighted by molar-refractivity contribution is -0.145. The second-order valence-corrected chi connectivity index (χ2v) is 10.3. The second-order valence-electron chi connectivity index (χ2n) is 10.3. The van der Waals surface area contributed by atoms with Crippen molar-refractivity contribution in [3.8, 4) is 36.4 Å². The number of alkyl halides is 9. The molecule has 2 aliphatic rings. The fourth-order valence-corrected chi connectivity index (χ4v) is 5.25. The molecule has 248 valence electrons. The SMILES string of the molecule is Cc1cc(C2=Nc3c(C#N)c4c(c(C#N)c3C2=C(C#N)C#N)N=C(c2cc(C(F)(F)F)cc(C(F)(F)F)n2)C4=C(C#N)C#N)nc(C(F)(F)F)c1. The zero-order valence-electron chi connectivity index (χ0n) is 24.7. The van der Waals surface area contributed by atoms with Gasteiger partial charge in [-0.15, -0.1) is 0 Å². The van der Waals surface area contributed by atoms with Crippen LogP contribution < -0.4 is 0 Å². The van der Waals surface area contributed by atoms with Crippen LogP contribution in [0.2, 0.25) is 0 Å². The molecule has 51 heavy (non-hydrogen) atoms. The van der Waals surface area contributed by atoms with Crippen molar-refractivity contribution < 1.29 is 39.5 Å². The number of nitrogens with zero attached hydrogens (tertiary/aromatic N) is 10. The fourth-order valence-electron chi connectivity index (χ4n) is 5.25. The van der Waals surface area contributed by atoms with Crippen molar-refractivity contribution in [2.75, 3.05) is 0 Å². The topological polar surface area (TPSA) is 193 Å². The van der Waals surface area contributed by atoms with Gasteiger partial charge in [0.1, 0.15) is 58.9 Å². The van der Waals surface area contributed by atoms with Crippen LogP contribution in [-0.4, -0.2) is 21.4 Å². The minimum absolute atomic E-state index is 0.0248. The first-order chi connectivity index (χ1) is 23.8. The third-order valence-electron chi connectivity index (χ3n) is 7.23. The van der Waals surface area contributed by atoms with Crippen molar-refractivity contribution in [2.45, 2.75) is 25.5 Å². The summed E-state index contributed by atoms with van der Waals surface area (Å²) in [4.78, 5) is 15.0. The lowest BCUT2D eigenvalue weighted by Gasteiger charge is -2.14. The summed E-state index contributed by atoms with van der Waals surface area (Å²) >= 11 is 0. The van der Waals surface area contributed by atoms with Crippen LogP contribution in [0.25, 0.3) is 11.1 Å². The van der Waals surface area contributed by atoms with Crippen molar-refractivity contribution in [1.82, 2.24) is 9.97 Å². The molecule has 0 fully saturated rings. The standard InChI is InChI=1S/C32H7F9N10/c1-12-2-18(48-20(3-12)31(36,37)38)28-22(13(6-42)7-43)24-16(10-46)27-25(17(11-47)26(24)50-28)23(14(8-44)9-45)29(51-27)19-4-15(30(33,34)35)5-21(49-19)32(39,40)41/h2-5H,1H3. The van der Waals surface area contributed by atoms with E-state index in [9.17, 15) is 71.1 Å². The fraction of sp³-hybridized carbons (Fsp3) is 0.125. The highest BCUT2D eigenvalue weighted by atomic mass is 19.4. The Bertz CT molecular complexity index is 2440. The van der Waals surface area contributed by atoms with Crippen LogP contribution in [0.5, 0.6) is 0 Å². The van der Waals surface area contributed by atoms with E-state index in [-0.39, 0.29) is 17.7 Å². The van der Waals surface area contributed by atoms with E-state index < -0.39 is 114 Å². The Morgan fingerprint density at radius 3 is 1.29 bits per heavy atom. The number of aryl methyl sites for hydroxylation is 1. The summed E-state index contributed by atoms with van der Waals surface area (Å²) in [5, 5.41) is 59.9. The predicted octanol–water partition coefficient (Wildman–Crippen LogP) is 7.46. The third kappa shape index (κ3) is 5.76. The van der Waals surface area contributed by atoms with E-state index in [0.29, 0.717) is 6.07 Å². The molecule has 0 radical (unpaired) electrons. The van der Waals surface area contributed by atoms with Gasteiger partial charge in [0.05, 0.1) is 50.9 Å². The van der Waals surface area contributed by atoms with E-state index in [4.69, 9.17) is 0 Å². The minimum atomic E-state index is -5.46. The summed E-state index contributed by atoms with van der Waals surface area (Å²) in [6.45, 7) is 1.25. The molecular weight excluding hydrogens is 695 g/mol. The zero-order valence-corrected chi connectivity index (χ0v) is 24.7. The second kappa shape index (κ2) is 12.0. The number of aliphatic imine (C=N–C) groups is 2. The van der Waals surface area contributed by atoms with Gasteiger partial charge in [0, 0.05) is 22.3 Å². The van der Waals surface area contributed by atoms with Gasteiger partial charge in [0.2, 0.25) is 0 Å². The molecule has 0 aliphatic carbocycles. The quantitative estimate of drug-likeness (QED) is 0.194. The summed E-state index contributed by atoms with van der Waals surface area (Å²) < 4.78 is 124. The minimum Gasteiger partial charge on any atom is -0.244 e. The number of allylic oxidation sites excluding steroid dienone is 4. The average Bonchev–Trinajstić information content (AvgIpc) is 3.63. The molecule has 0 saturated carbocycles. The van der Waals surface area contributed by atoms with Gasteiger partial charge >= 0.3 is 18.5 Å². The Balaban J connectivity index is 1.96. The summed E-state index contributed by atoms with van der Waals surface area (Å²) in [5.41, 5.74) is -16.0. The Kier molecular flexibility index (Phi) is 8.20. The zero-order chi connectivity index (χ0) is 37.8. The number of fused-ring (bicyclic) bond motifs is 2. The Morgan fingerprint density at radius 1 is 0.549 bits per heavy atom. The van der Waals surface area contributed by atoms with Crippen LogP contribution >= 0.6 is 0 Å². The molecule has 1 aromatic carbocycles. The normalized spacial score (nSPS) is 13.3. The van der Waals surface area contributed by atoms with Crippen LogP contribution in [-0.2, 0) is 18.5 Å². The van der Waals surface area contributed by atoms with Gasteiger partial charge in [-0.05, 0) is 36.8 Å². The lowest BCUT2D eigenvalue weighted by atomic mass is 9.85. The molecule has 2 aromatic heterocycles. The van der Waals surface area contributed by atoms with E-state index in [0.717, 1.165) is 6.07 Å². The summed E-state index contributed by atoms with van der Waals surface area (Å²) in [6, 6.07) is 10.7. The molecular formula is C32H7F9N10. The molecule has 0 spiro atoms. The van der Waals surface area contributed by atoms with Gasteiger partial charge in [-0.1, -0.05) is 0 Å². The lowest BCUT2D eigenvalue weighted by Crippen LogP contribution is -2.17. The van der Waals surface area contributed by atoms with Crippen molar-refractivity contribution in [3.63, 3.8) is 0 Å².